The van der Waals surface area contributed by atoms with Crippen LogP contribution in [0.3, 0.4) is 0 Å². The average Bonchev–Trinajstić information content (AvgIpc) is 2.89. The molecule has 0 spiro atoms. The van der Waals surface area contributed by atoms with Crippen molar-refractivity contribution >= 4 is 45.2 Å². The molecule has 6 heteroatoms. The van der Waals surface area contributed by atoms with E-state index in [9.17, 15) is 4.79 Å². The first-order chi connectivity index (χ1) is 9.72. The maximum atomic E-state index is 12.1. The second kappa shape index (κ2) is 7.11. The van der Waals surface area contributed by atoms with E-state index in [2.05, 4.69) is 32.6 Å². The molecular formula is C15H16BrClN2O2. The molecule has 21 heavy (non-hydrogen) atoms. The number of rotatable bonds is 3. The van der Waals surface area contributed by atoms with Crippen molar-refractivity contribution in [2.75, 3.05) is 19.6 Å². The van der Waals surface area contributed by atoms with E-state index in [1.165, 1.54) is 5.57 Å². The average molecular weight is 372 g/mol. The minimum atomic E-state index is -0.170. The Morgan fingerprint density at radius 3 is 3.00 bits per heavy atom. The zero-order valence-electron chi connectivity index (χ0n) is 11.3. The van der Waals surface area contributed by atoms with E-state index in [-0.39, 0.29) is 18.3 Å². The van der Waals surface area contributed by atoms with Gasteiger partial charge in [-0.15, -0.1) is 12.4 Å². The standard InChI is InChI=1S/C15H15BrN2O2.ClH/c16-12-1-2-13-11(7-12)8-14(20-13)15(19)18-9-10-3-5-17-6-4-10;/h1-3,7-8,17H,4-6,9H2,(H,18,19);1H. The summed E-state index contributed by atoms with van der Waals surface area (Å²) in [6.07, 6.45) is 3.10. The first-order valence-corrected chi connectivity index (χ1v) is 7.37. The molecule has 0 bridgehead atoms. The molecule has 1 aliphatic heterocycles. The third-order valence-electron chi connectivity index (χ3n) is 3.34. The van der Waals surface area contributed by atoms with Crippen LogP contribution in [-0.4, -0.2) is 25.5 Å². The Morgan fingerprint density at radius 2 is 2.24 bits per heavy atom. The molecule has 0 saturated carbocycles. The highest BCUT2D eigenvalue weighted by molar-refractivity contribution is 9.10. The van der Waals surface area contributed by atoms with Crippen LogP contribution in [0, 0.1) is 0 Å². The van der Waals surface area contributed by atoms with Gasteiger partial charge in [0.2, 0.25) is 0 Å². The normalized spacial score (nSPS) is 14.4. The molecule has 1 amide bonds. The molecule has 1 aliphatic rings. The highest BCUT2D eigenvalue weighted by Crippen LogP contribution is 2.23. The predicted molar refractivity (Wildman–Crippen MR) is 89.1 cm³/mol. The number of hydrogen-bond acceptors (Lipinski definition) is 3. The Balaban J connectivity index is 0.00000161. The van der Waals surface area contributed by atoms with Gasteiger partial charge in [-0.05, 0) is 37.2 Å². The number of benzene rings is 1. The summed E-state index contributed by atoms with van der Waals surface area (Å²) < 4.78 is 6.53. The first-order valence-electron chi connectivity index (χ1n) is 6.58. The lowest BCUT2D eigenvalue weighted by atomic mass is 10.1. The summed E-state index contributed by atoms with van der Waals surface area (Å²) in [7, 11) is 0. The molecule has 0 saturated heterocycles. The number of carbonyl (C=O) groups excluding carboxylic acids is 1. The van der Waals surface area contributed by atoms with Gasteiger partial charge in [0.05, 0.1) is 0 Å². The molecule has 0 fully saturated rings. The number of fused-ring (bicyclic) bond motifs is 1. The quantitative estimate of drug-likeness (QED) is 0.814. The summed E-state index contributed by atoms with van der Waals surface area (Å²) in [6, 6.07) is 7.45. The predicted octanol–water partition coefficient (Wildman–Crippen LogP) is 3.27. The van der Waals surface area contributed by atoms with E-state index < -0.39 is 0 Å². The summed E-state index contributed by atoms with van der Waals surface area (Å²) in [5.74, 6) is 0.185. The van der Waals surface area contributed by atoms with Crippen molar-refractivity contribution in [1.29, 1.82) is 0 Å². The SMILES string of the molecule is Cl.O=C(NCC1=CCNCC1)c1cc2cc(Br)ccc2o1. The minimum Gasteiger partial charge on any atom is -0.451 e. The monoisotopic (exact) mass is 370 g/mol. The molecule has 1 aromatic heterocycles. The number of carbonyl (C=O) groups is 1. The van der Waals surface area contributed by atoms with Crippen molar-refractivity contribution in [1.82, 2.24) is 10.6 Å². The molecule has 112 valence electrons. The van der Waals surface area contributed by atoms with Gasteiger partial charge in [0.15, 0.2) is 5.76 Å². The maximum Gasteiger partial charge on any atom is 0.287 e. The lowest BCUT2D eigenvalue weighted by molar-refractivity contribution is 0.0931. The highest BCUT2D eigenvalue weighted by Gasteiger charge is 2.13. The first kappa shape index (κ1) is 16.1. The third-order valence-corrected chi connectivity index (χ3v) is 3.83. The van der Waals surface area contributed by atoms with Gasteiger partial charge in [0.25, 0.3) is 5.91 Å². The summed E-state index contributed by atoms with van der Waals surface area (Å²) in [6.45, 7) is 2.44. The van der Waals surface area contributed by atoms with Crippen molar-refractivity contribution in [3.63, 3.8) is 0 Å². The highest BCUT2D eigenvalue weighted by atomic mass is 79.9. The van der Waals surface area contributed by atoms with Gasteiger partial charge in [-0.3, -0.25) is 4.79 Å². The summed E-state index contributed by atoms with van der Waals surface area (Å²) in [5.41, 5.74) is 1.98. The Labute approximate surface area is 137 Å². The number of amides is 1. The number of halogens is 2. The van der Waals surface area contributed by atoms with Gasteiger partial charge in [-0.25, -0.2) is 0 Å². The maximum absolute atomic E-state index is 12.1. The smallest absolute Gasteiger partial charge is 0.287 e. The molecule has 0 unspecified atom stereocenters. The molecule has 4 nitrogen and oxygen atoms in total. The van der Waals surface area contributed by atoms with Crippen LogP contribution in [0.15, 0.2) is 44.8 Å². The fourth-order valence-electron chi connectivity index (χ4n) is 2.24. The van der Waals surface area contributed by atoms with Crippen LogP contribution in [0.2, 0.25) is 0 Å². The van der Waals surface area contributed by atoms with E-state index in [0.29, 0.717) is 12.3 Å². The van der Waals surface area contributed by atoms with Gasteiger partial charge in [-0.1, -0.05) is 27.6 Å². The Hall–Kier alpha value is -1.30. The lowest BCUT2D eigenvalue weighted by Gasteiger charge is -2.13. The van der Waals surface area contributed by atoms with Crippen LogP contribution in [0.5, 0.6) is 0 Å². The number of furan rings is 1. The largest absolute Gasteiger partial charge is 0.451 e. The van der Waals surface area contributed by atoms with E-state index >= 15 is 0 Å². The van der Waals surface area contributed by atoms with Gasteiger partial charge in [0.1, 0.15) is 5.58 Å². The van der Waals surface area contributed by atoms with Gasteiger partial charge in [-0.2, -0.15) is 0 Å². The third kappa shape index (κ3) is 3.87. The summed E-state index contributed by atoms with van der Waals surface area (Å²) in [5, 5.41) is 7.07. The Kier molecular flexibility index (Phi) is 5.45. The van der Waals surface area contributed by atoms with Gasteiger partial charge in [0, 0.05) is 22.9 Å². The molecule has 1 aromatic carbocycles. The van der Waals surface area contributed by atoms with Crippen LogP contribution in [0.25, 0.3) is 11.0 Å². The van der Waals surface area contributed by atoms with E-state index in [1.807, 2.05) is 18.2 Å². The molecular weight excluding hydrogens is 356 g/mol. The van der Waals surface area contributed by atoms with Crippen LogP contribution in [0.1, 0.15) is 17.0 Å². The Bertz CT molecular complexity index is 681. The topological polar surface area (TPSA) is 54.3 Å². The fourth-order valence-corrected chi connectivity index (χ4v) is 2.62. The molecule has 0 radical (unpaired) electrons. The Morgan fingerprint density at radius 1 is 1.38 bits per heavy atom. The van der Waals surface area contributed by atoms with E-state index in [4.69, 9.17) is 4.42 Å². The van der Waals surface area contributed by atoms with E-state index in [0.717, 1.165) is 35.0 Å². The summed E-state index contributed by atoms with van der Waals surface area (Å²) >= 11 is 3.41. The van der Waals surface area contributed by atoms with Crippen LogP contribution < -0.4 is 10.6 Å². The van der Waals surface area contributed by atoms with Crippen molar-refractivity contribution in [2.24, 2.45) is 0 Å². The molecule has 2 aromatic rings. The molecule has 0 atom stereocenters. The van der Waals surface area contributed by atoms with Crippen molar-refractivity contribution in [3.05, 3.63) is 46.1 Å². The second-order valence-electron chi connectivity index (χ2n) is 4.79. The van der Waals surface area contributed by atoms with Crippen molar-refractivity contribution in [3.8, 4) is 0 Å². The molecule has 3 rings (SSSR count). The van der Waals surface area contributed by atoms with Crippen LogP contribution in [0.4, 0.5) is 0 Å². The van der Waals surface area contributed by atoms with Crippen molar-refractivity contribution < 1.29 is 9.21 Å². The number of nitrogens with one attached hydrogen (secondary N) is 2. The fraction of sp³-hybridized carbons (Fsp3) is 0.267. The second-order valence-corrected chi connectivity index (χ2v) is 5.71. The minimum absolute atomic E-state index is 0. The van der Waals surface area contributed by atoms with Crippen LogP contribution in [-0.2, 0) is 0 Å². The van der Waals surface area contributed by atoms with E-state index in [1.54, 1.807) is 6.07 Å². The van der Waals surface area contributed by atoms with Gasteiger partial charge >= 0.3 is 0 Å². The number of hydrogen-bond donors (Lipinski definition) is 2. The lowest BCUT2D eigenvalue weighted by Crippen LogP contribution is -2.29. The zero-order chi connectivity index (χ0) is 13.9. The van der Waals surface area contributed by atoms with Crippen molar-refractivity contribution in [2.45, 2.75) is 6.42 Å². The molecule has 2 heterocycles. The zero-order valence-corrected chi connectivity index (χ0v) is 13.7. The molecule has 0 aliphatic carbocycles. The van der Waals surface area contributed by atoms with Crippen LogP contribution >= 0.6 is 28.3 Å². The summed E-state index contributed by atoms with van der Waals surface area (Å²) in [4.78, 5) is 12.1. The van der Waals surface area contributed by atoms with Gasteiger partial charge < -0.3 is 15.1 Å². The molecule has 2 N–H and O–H groups in total.